The van der Waals surface area contributed by atoms with Crippen molar-refractivity contribution in [3.05, 3.63) is 11.9 Å². The zero-order chi connectivity index (χ0) is 10.7. The SMILES string of the molecule is CC(C)OCn1cc(N)c(C(N)=O)n1. The highest BCUT2D eigenvalue weighted by atomic mass is 16.5. The van der Waals surface area contributed by atoms with Crippen molar-refractivity contribution in [1.82, 2.24) is 9.78 Å². The molecule has 0 fully saturated rings. The molecule has 0 bridgehead atoms. The molecule has 1 rings (SSSR count). The molecule has 0 aliphatic carbocycles. The van der Waals surface area contributed by atoms with Crippen LogP contribution in [-0.4, -0.2) is 21.8 Å². The normalized spacial score (nSPS) is 10.8. The first-order chi connectivity index (χ1) is 6.50. The van der Waals surface area contributed by atoms with Crippen molar-refractivity contribution in [3.8, 4) is 0 Å². The van der Waals surface area contributed by atoms with Gasteiger partial charge in [-0.3, -0.25) is 4.79 Å². The third-order valence-corrected chi connectivity index (χ3v) is 1.56. The van der Waals surface area contributed by atoms with E-state index in [-0.39, 0.29) is 24.2 Å². The number of rotatable bonds is 4. The van der Waals surface area contributed by atoms with Crippen LogP contribution >= 0.6 is 0 Å². The maximum Gasteiger partial charge on any atom is 0.271 e. The highest BCUT2D eigenvalue weighted by molar-refractivity contribution is 5.95. The van der Waals surface area contributed by atoms with E-state index in [0.29, 0.717) is 0 Å². The monoisotopic (exact) mass is 198 g/mol. The van der Waals surface area contributed by atoms with E-state index in [0.717, 1.165) is 0 Å². The fourth-order valence-electron chi connectivity index (χ4n) is 0.920. The van der Waals surface area contributed by atoms with Crippen molar-refractivity contribution in [1.29, 1.82) is 0 Å². The molecule has 1 amide bonds. The minimum atomic E-state index is -0.634. The number of hydrogen-bond donors (Lipinski definition) is 2. The van der Waals surface area contributed by atoms with E-state index in [1.54, 1.807) is 0 Å². The van der Waals surface area contributed by atoms with Gasteiger partial charge in [0.05, 0.1) is 18.0 Å². The highest BCUT2D eigenvalue weighted by Gasteiger charge is 2.11. The first kappa shape index (κ1) is 10.5. The van der Waals surface area contributed by atoms with Gasteiger partial charge in [0.15, 0.2) is 5.69 Å². The maximum atomic E-state index is 10.8. The molecule has 78 valence electrons. The number of primary amides is 1. The van der Waals surface area contributed by atoms with Crippen molar-refractivity contribution in [2.24, 2.45) is 5.73 Å². The van der Waals surface area contributed by atoms with Gasteiger partial charge in [-0.2, -0.15) is 5.10 Å². The Hall–Kier alpha value is -1.56. The van der Waals surface area contributed by atoms with Gasteiger partial charge in [-0.25, -0.2) is 4.68 Å². The number of ether oxygens (including phenoxy) is 1. The second-order valence-corrected chi connectivity index (χ2v) is 3.18. The number of nitrogens with two attached hydrogens (primary N) is 2. The number of amides is 1. The van der Waals surface area contributed by atoms with Crippen molar-refractivity contribution < 1.29 is 9.53 Å². The smallest absolute Gasteiger partial charge is 0.271 e. The lowest BCUT2D eigenvalue weighted by molar-refractivity contribution is 0.0219. The van der Waals surface area contributed by atoms with Crippen LogP contribution in [0.25, 0.3) is 0 Å². The van der Waals surface area contributed by atoms with Crippen LogP contribution in [0.15, 0.2) is 6.20 Å². The fourth-order valence-corrected chi connectivity index (χ4v) is 0.920. The zero-order valence-corrected chi connectivity index (χ0v) is 8.23. The van der Waals surface area contributed by atoms with E-state index in [1.165, 1.54) is 10.9 Å². The Kier molecular flexibility index (Phi) is 3.08. The van der Waals surface area contributed by atoms with E-state index >= 15 is 0 Å². The molecule has 0 radical (unpaired) electrons. The van der Waals surface area contributed by atoms with Gasteiger partial charge >= 0.3 is 0 Å². The summed E-state index contributed by atoms with van der Waals surface area (Å²) in [5.41, 5.74) is 10.9. The summed E-state index contributed by atoms with van der Waals surface area (Å²) in [5, 5.41) is 3.87. The maximum absolute atomic E-state index is 10.8. The molecule has 1 aromatic rings. The number of carbonyl (C=O) groups excluding carboxylic acids is 1. The van der Waals surface area contributed by atoms with Crippen molar-refractivity contribution >= 4 is 11.6 Å². The molecular formula is C8H14N4O2. The van der Waals surface area contributed by atoms with Crippen LogP contribution < -0.4 is 11.5 Å². The molecule has 14 heavy (non-hydrogen) atoms. The summed E-state index contributed by atoms with van der Waals surface area (Å²) in [4.78, 5) is 10.8. The van der Waals surface area contributed by atoms with Crippen LogP contribution in [0, 0.1) is 0 Å². The number of hydrogen-bond acceptors (Lipinski definition) is 4. The molecule has 1 aromatic heterocycles. The summed E-state index contributed by atoms with van der Waals surface area (Å²) >= 11 is 0. The summed E-state index contributed by atoms with van der Waals surface area (Å²) in [6.07, 6.45) is 1.61. The zero-order valence-electron chi connectivity index (χ0n) is 8.23. The standard InChI is InChI=1S/C8H14N4O2/c1-5(2)14-4-12-3-6(9)7(11-12)8(10)13/h3,5H,4,9H2,1-2H3,(H2,10,13). The minimum absolute atomic E-state index is 0.0809. The van der Waals surface area contributed by atoms with E-state index < -0.39 is 5.91 Å². The molecule has 0 aliphatic rings. The van der Waals surface area contributed by atoms with E-state index in [2.05, 4.69) is 5.10 Å². The number of nitrogen functional groups attached to an aromatic ring is 1. The van der Waals surface area contributed by atoms with Crippen molar-refractivity contribution in [2.45, 2.75) is 26.7 Å². The van der Waals surface area contributed by atoms with Crippen LogP contribution in [0.4, 0.5) is 5.69 Å². The summed E-state index contributed by atoms with van der Waals surface area (Å²) in [7, 11) is 0. The lowest BCUT2D eigenvalue weighted by Gasteiger charge is -2.06. The predicted molar refractivity (Wildman–Crippen MR) is 51.4 cm³/mol. The molecule has 4 N–H and O–H groups in total. The number of aromatic nitrogens is 2. The van der Waals surface area contributed by atoms with Crippen LogP contribution in [0.3, 0.4) is 0 Å². The van der Waals surface area contributed by atoms with Crippen molar-refractivity contribution in [2.75, 3.05) is 5.73 Å². The fraction of sp³-hybridized carbons (Fsp3) is 0.500. The Bertz CT molecular complexity index is 332. The molecular weight excluding hydrogens is 184 g/mol. The van der Waals surface area contributed by atoms with Gasteiger partial charge in [0.2, 0.25) is 0 Å². The predicted octanol–water partition coefficient (Wildman–Crippen LogP) is -0.0533. The Labute approximate surface area is 81.8 Å². The third-order valence-electron chi connectivity index (χ3n) is 1.56. The molecule has 0 aromatic carbocycles. The van der Waals surface area contributed by atoms with E-state index in [4.69, 9.17) is 16.2 Å². The quantitative estimate of drug-likeness (QED) is 0.708. The summed E-state index contributed by atoms with van der Waals surface area (Å²) in [5.74, 6) is -0.634. The third kappa shape index (κ3) is 2.46. The van der Waals surface area contributed by atoms with Gasteiger partial charge in [0.25, 0.3) is 5.91 Å². The average Bonchev–Trinajstić information content (AvgIpc) is 2.43. The van der Waals surface area contributed by atoms with Crippen LogP contribution in [0.1, 0.15) is 24.3 Å². The van der Waals surface area contributed by atoms with Crippen LogP contribution in [-0.2, 0) is 11.5 Å². The summed E-state index contributed by atoms with van der Waals surface area (Å²) in [6.45, 7) is 4.07. The Morgan fingerprint density at radius 2 is 2.36 bits per heavy atom. The minimum Gasteiger partial charge on any atom is -0.396 e. The second kappa shape index (κ2) is 4.10. The molecule has 6 nitrogen and oxygen atoms in total. The molecule has 0 atom stereocenters. The summed E-state index contributed by atoms with van der Waals surface area (Å²) in [6, 6.07) is 0. The number of nitrogens with zero attached hydrogens (tertiary/aromatic N) is 2. The van der Waals surface area contributed by atoms with Gasteiger partial charge in [-0.1, -0.05) is 0 Å². The molecule has 6 heteroatoms. The lowest BCUT2D eigenvalue weighted by Crippen LogP contribution is -2.15. The first-order valence-electron chi connectivity index (χ1n) is 4.25. The Morgan fingerprint density at radius 1 is 1.71 bits per heavy atom. The van der Waals surface area contributed by atoms with Crippen LogP contribution in [0.2, 0.25) is 0 Å². The number of carbonyl (C=O) groups is 1. The van der Waals surface area contributed by atoms with Crippen LogP contribution in [0.5, 0.6) is 0 Å². The lowest BCUT2D eigenvalue weighted by atomic mass is 10.4. The molecule has 1 heterocycles. The van der Waals surface area contributed by atoms with Gasteiger partial charge in [0.1, 0.15) is 6.73 Å². The largest absolute Gasteiger partial charge is 0.396 e. The van der Waals surface area contributed by atoms with Gasteiger partial charge in [-0.05, 0) is 13.8 Å². The molecule has 0 saturated carbocycles. The van der Waals surface area contributed by atoms with Crippen molar-refractivity contribution in [3.63, 3.8) is 0 Å². The summed E-state index contributed by atoms with van der Waals surface area (Å²) < 4.78 is 6.71. The van der Waals surface area contributed by atoms with E-state index in [1.807, 2.05) is 13.8 Å². The Morgan fingerprint density at radius 3 is 2.79 bits per heavy atom. The first-order valence-corrected chi connectivity index (χ1v) is 4.25. The second-order valence-electron chi connectivity index (χ2n) is 3.18. The topological polar surface area (TPSA) is 96.2 Å². The van der Waals surface area contributed by atoms with Gasteiger partial charge in [-0.15, -0.1) is 0 Å². The Balaban J connectivity index is 2.71. The molecule has 0 unspecified atom stereocenters. The molecule has 0 saturated heterocycles. The number of anilines is 1. The van der Waals surface area contributed by atoms with Gasteiger partial charge < -0.3 is 16.2 Å². The van der Waals surface area contributed by atoms with Gasteiger partial charge in [0, 0.05) is 0 Å². The average molecular weight is 198 g/mol. The van der Waals surface area contributed by atoms with E-state index in [9.17, 15) is 4.79 Å². The highest BCUT2D eigenvalue weighted by Crippen LogP contribution is 2.08. The molecule has 0 aliphatic heterocycles. The molecule has 0 spiro atoms.